The molecule has 1 aromatic carbocycles. The number of morpholine rings is 1. The average molecular weight is 339 g/mol. The summed E-state index contributed by atoms with van der Waals surface area (Å²) in [5.74, 6) is -0.115. The topological polar surface area (TPSA) is 62.7 Å². The van der Waals surface area contributed by atoms with Crippen molar-refractivity contribution in [2.75, 3.05) is 32.8 Å². The van der Waals surface area contributed by atoms with E-state index in [-0.39, 0.29) is 17.9 Å². The van der Waals surface area contributed by atoms with Crippen molar-refractivity contribution in [3.8, 4) is 0 Å². The van der Waals surface area contributed by atoms with Gasteiger partial charge in [0.25, 0.3) is 5.91 Å². The second-order valence-corrected chi connectivity index (χ2v) is 6.47. The van der Waals surface area contributed by atoms with E-state index in [0.717, 1.165) is 17.2 Å². The van der Waals surface area contributed by atoms with Crippen molar-refractivity contribution in [2.24, 2.45) is 0 Å². The Balaban J connectivity index is 1.61. The number of fused-ring (bicyclic) bond motifs is 1. The molecule has 130 valence electrons. The Morgan fingerprint density at radius 1 is 1.08 bits per heavy atom. The Kier molecular flexibility index (Phi) is 4.36. The number of amides is 2. The number of carbonyl (C=O) groups is 2. The molecule has 2 aliphatic heterocycles. The van der Waals surface area contributed by atoms with Gasteiger partial charge in [0.15, 0.2) is 0 Å². The highest BCUT2D eigenvalue weighted by molar-refractivity contribution is 6.06. The third-order valence-electron chi connectivity index (χ3n) is 5.00. The first-order chi connectivity index (χ1) is 12.3. The second-order valence-electron chi connectivity index (χ2n) is 6.47. The van der Waals surface area contributed by atoms with Crippen molar-refractivity contribution in [1.29, 1.82) is 0 Å². The second kappa shape index (κ2) is 6.80. The van der Waals surface area contributed by atoms with Gasteiger partial charge in [-0.3, -0.25) is 14.6 Å². The van der Waals surface area contributed by atoms with Crippen molar-refractivity contribution < 1.29 is 14.3 Å². The first-order valence-corrected chi connectivity index (χ1v) is 8.77. The predicted molar refractivity (Wildman–Crippen MR) is 93.2 cm³/mol. The van der Waals surface area contributed by atoms with E-state index in [2.05, 4.69) is 4.98 Å². The number of aromatic nitrogens is 1. The van der Waals surface area contributed by atoms with Crippen LogP contribution in [0.3, 0.4) is 0 Å². The molecule has 2 aliphatic rings. The smallest absolute Gasteiger partial charge is 0.273 e. The number of benzene rings is 1. The molecule has 1 aromatic heterocycles. The summed E-state index contributed by atoms with van der Waals surface area (Å²) in [5.41, 5.74) is 0.430. The van der Waals surface area contributed by atoms with E-state index in [1.807, 2.05) is 35.2 Å². The fourth-order valence-corrected chi connectivity index (χ4v) is 3.69. The number of ether oxygens (including phenoxy) is 1. The molecule has 1 atom stereocenters. The molecular weight excluding hydrogens is 318 g/mol. The summed E-state index contributed by atoms with van der Waals surface area (Å²) in [6.45, 7) is 2.94. The van der Waals surface area contributed by atoms with Gasteiger partial charge >= 0.3 is 0 Å². The van der Waals surface area contributed by atoms with Crippen LogP contribution in [0.1, 0.15) is 23.3 Å². The van der Waals surface area contributed by atoms with Gasteiger partial charge in [0.2, 0.25) is 5.91 Å². The van der Waals surface area contributed by atoms with Gasteiger partial charge in [-0.2, -0.15) is 0 Å². The largest absolute Gasteiger partial charge is 0.378 e. The minimum Gasteiger partial charge on any atom is -0.378 e. The van der Waals surface area contributed by atoms with E-state index in [1.54, 1.807) is 11.1 Å². The van der Waals surface area contributed by atoms with Gasteiger partial charge in [0.1, 0.15) is 11.7 Å². The van der Waals surface area contributed by atoms with E-state index in [0.29, 0.717) is 45.0 Å². The van der Waals surface area contributed by atoms with Crippen LogP contribution in [0.15, 0.2) is 36.5 Å². The van der Waals surface area contributed by atoms with Gasteiger partial charge in [-0.25, -0.2) is 0 Å². The molecule has 4 rings (SSSR count). The van der Waals surface area contributed by atoms with Gasteiger partial charge in [-0.15, -0.1) is 0 Å². The van der Waals surface area contributed by atoms with Gasteiger partial charge < -0.3 is 14.5 Å². The average Bonchev–Trinajstić information content (AvgIpc) is 3.17. The highest BCUT2D eigenvalue weighted by Gasteiger charge is 2.38. The van der Waals surface area contributed by atoms with Gasteiger partial charge in [0, 0.05) is 31.2 Å². The summed E-state index contributed by atoms with van der Waals surface area (Å²) < 4.78 is 5.32. The number of hydrogen-bond acceptors (Lipinski definition) is 4. The van der Waals surface area contributed by atoms with Crippen LogP contribution in [-0.4, -0.2) is 65.5 Å². The molecule has 1 unspecified atom stereocenters. The number of rotatable bonds is 2. The number of pyridine rings is 1. The zero-order valence-electron chi connectivity index (χ0n) is 14.1. The molecular formula is C19H21N3O3. The Hall–Kier alpha value is -2.47. The molecule has 2 amide bonds. The van der Waals surface area contributed by atoms with E-state index in [1.165, 1.54) is 0 Å². The highest BCUT2D eigenvalue weighted by Crippen LogP contribution is 2.25. The summed E-state index contributed by atoms with van der Waals surface area (Å²) in [7, 11) is 0. The first-order valence-electron chi connectivity index (χ1n) is 8.77. The molecule has 6 heteroatoms. The number of carbonyl (C=O) groups excluding carboxylic acids is 2. The summed E-state index contributed by atoms with van der Waals surface area (Å²) >= 11 is 0. The fraction of sp³-hybridized carbons (Fsp3) is 0.421. The standard InChI is InChI=1S/C19H21N3O3/c23-18(21-10-12-25-13-11-21)16-6-3-9-22(16)19(24)17-15-5-2-1-4-14(15)7-8-20-17/h1-2,4-5,7-8,16H,3,6,9-13H2. The molecule has 0 spiro atoms. The molecule has 3 heterocycles. The lowest BCUT2D eigenvalue weighted by molar-refractivity contribution is -0.139. The van der Waals surface area contributed by atoms with Crippen molar-refractivity contribution in [1.82, 2.24) is 14.8 Å². The van der Waals surface area contributed by atoms with Crippen LogP contribution in [0.5, 0.6) is 0 Å². The molecule has 2 saturated heterocycles. The molecule has 0 saturated carbocycles. The summed E-state index contributed by atoms with van der Waals surface area (Å²) in [6, 6.07) is 9.23. The van der Waals surface area contributed by atoms with Crippen LogP contribution in [0.2, 0.25) is 0 Å². The number of likely N-dealkylation sites (tertiary alicyclic amines) is 1. The van der Waals surface area contributed by atoms with Gasteiger partial charge in [0.05, 0.1) is 13.2 Å². The maximum atomic E-state index is 13.1. The third-order valence-corrected chi connectivity index (χ3v) is 5.00. The van der Waals surface area contributed by atoms with E-state index >= 15 is 0 Å². The Bertz CT molecular complexity index is 796. The monoisotopic (exact) mass is 339 g/mol. The number of hydrogen-bond donors (Lipinski definition) is 0. The molecule has 2 aromatic rings. The SMILES string of the molecule is O=C(C1CCCN1C(=O)c1nccc2ccccc12)N1CCOCC1. The van der Waals surface area contributed by atoms with Crippen LogP contribution in [0, 0.1) is 0 Å². The summed E-state index contributed by atoms with van der Waals surface area (Å²) in [6.07, 6.45) is 3.22. The van der Waals surface area contributed by atoms with Crippen LogP contribution < -0.4 is 0 Å². The minimum absolute atomic E-state index is 0.0365. The van der Waals surface area contributed by atoms with Crippen LogP contribution >= 0.6 is 0 Å². The van der Waals surface area contributed by atoms with Crippen molar-refractivity contribution in [2.45, 2.75) is 18.9 Å². The normalized spacial score (nSPS) is 20.9. The lowest BCUT2D eigenvalue weighted by atomic mass is 10.1. The highest BCUT2D eigenvalue weighted by atomic mass is 16.5. The zero-order chi connectivity index (χ0) is 17.2. The predicted octanol–water partition coefficient (Wildman–Crippen LogP) is 1.70. The Morgan fingerprint density at radius 2 is 1.88 bits per heavy atom. The summed E-state index contributed by atoms with van der Waals surface area (Å²) in [4.78, 5) is 33.8. The van der Waals surface area contributed by atoms with Crippen molar-refractivity contribution in [3.05, 3.63) is 42.2 Å². The maximum Gasteiger partial charge on any atom is 0.273 e. The Morgan fingerprint density at radius 3 is 2.72 bits per heavy atom. The van der Waals surface area contributed by atoms with Crippen molar-refractivity contribution >= 4 is 22.6 Å². The number of nitrogens with zero attached hydrogens (tertiary/aromatic N) is 3. The fourth-order valence-electron chi connectivity index (χ4n) is 3.69. The zero-order valence-corrected chi connectivity index (χ0v) is 14.1. The van der Waals surface area contributed by atoms with Crippen molar-refractivity contribution in [3.63, 3.8) is 0 Å². The summed E-state index contributed by atoms with van der Waals surface area (Å²) in [5, 5.41) is 1.82. The van der Waals surface area contributed by atoms with Gasteiger partial charge in [-0.1, -0.05) is 24.3 Å². The van der Waals surface area contributed by atoms with Gasteiger partial charge in [-0.05, 0) is 24.3 Å². The maximum absolute atomic E-state index is 13.1. The van der Waals surface area contributed by atoms with E-state index in [9.17, 15) is 9.59 Å². The van der Waals surface area contributed by atoms with Crippen LogP contribution in [0.4, 0.5) is 0 Å². The minimum atomic E-state index is -0.383. The van der Waals surface area contributed by atoms with E-state index in [4.69, 9.17) is 4.74 Å². The van der Waals surface area contributed by atoms with E-state index < -0.39 is 0 Å². The molecule has 25 heavy (non-hydrogen) atoms. The lowest BCUT2D eigenvalue weighted by Gasteiger charge is -2.32. The Labute approximate surface area is 146 Å². The van der Waals surface area contributed by atoms with Crippen LogP contribution in [-0.2, 0) is 9.53 Å². The molecule has 0 N–H and O–H groups in total. The first kappa shape index (κ1) is 16.0. The molecule has 0 aliphatic carbocycles. The lowest BCUT2D eigenvalue weighted by Crippen LogP contribution is -2.51. The third kappa shape index (κ3) is 2.98. The molecule has 0 bridgehead atoms. The molecule has 2 fully saturated rings. The van der Waals surface area contributed by atoms with Crippen LogP contribution in [0.25, 0.3) is 10.8 Å². The quantitative estimate of drug-likeness (QED) is 0.835. The molecule has 0 radical (unpaired) electrons. The molecule has 6 nitrogen and oxygen atoms in total.